The molecule has 1 atom stereocenters. The number of carbonyl (C=O) groups is 2. The Hall–Kier alpha value is -3.19. The van der Waals surface area contributed by atoms with Crippen molar-refractivity contribution in [2.75, 3.05) is 6.61 Å². The molecule has 1 unspecified atom stereocenters. The zero-order valence-corrected chi connectivity index (χ0v) is 16.1. The Morgan fingerprint density at radius 2 is 2.10 bits per heavy atom. The molecule has 2 aromatic carbocycles. The molecule has 148 valence electrons. The number of aromatic nitrogens is 2. The molecule has 0 amide bonds. The number of aryl methyl sites for hydroxylation is 1. The summed E-state index contributed by atoms with van der Waals surface area (Å²) in [4.78, 5) is 24.2. The largest absolute Gasteiger partial charge is 0.489 e. The molecule has 0 aliphatic carbocycles. The van der Waals surface area contributed by atoms with Crippen LogP contribution in [-0.4, -0.2) is 33.7 Å². The van der Waals surface area contributed by atoms with Crippen molar-refractivity contribution in [3.05, 3.63) is 69.6 Å². The lowest BCUT2D eigenvalue weighted by Gasteiger charge is -2.23. The molecule has 0 saturated heterocycles. The molecular formula is C21H16ClFN2O4. The van der Waals surface area contributed by atoms with Crippen molar-refractivity contribution >= 4 is 23.4 Å². The molecule has 6 nitrogen and oxygen atoms in total. The van der Waals surface area contributed by atoms with Crippen molar-refractivity contribution in [2.45, 2.75) is 19.3 Å². The van der Waals surface area contributed by atoms with E-state index >= 15 is 0 Å². The summed E-state index contributed by atoms with van der Waals surface area (Å²) in [7, 11) is 0. The van der Waals surface area contributed by atoms with Gasteiger partial charge in [-0.1, -0.05) is 23.7 Å². The Balaban J connectivity index is 1.75. The zero-order chi connectivity index (χ0) is 20.7. The summed E-state index contributed by atoms with van der Waals surface area (Å²) in [6.45, 7) is 2.07. The van der Waals surface area contributed by atoms with Crippen LogP contribution >= 0.6 is 11.6 Å². The van der Waals surface area contributed by atoms with E-state index in [1.54, 1.807) is 12.1 Å². The van der Waals surface area contributed by atoms with Crippen molar-refractivity contribution in [3.8, 4) is 17.0 Å². The minimum absolute atomic E-state index is 0.0922. The smallest absolute Gasteiger partial charge is 0.335 e. The van der Waals surface area contributed by atoms with Crippen LogP contribution in [0.5, 0.6) is 5.75 Å². The highest BCUT2D eigenvalue weighted by atomic mass is 35.5. The Kier molecular flexibility index (Phi) is 4.84. The molecule has 2 N–H and O–H groups in total. The van der Waals surface area contributed by atoms with Crippen LogP contribution in [0.3, 0.4) is 0 Å². The van der Waals surface area contributed by atoms with E-state index in [4.69, 9.17) is 21.4 Å². The molecular weight excluding hydrogens is 399 g/mol. The Morgan fingerprint density at radius 3 is 2.79 bits per heavy atom. The van der Waals surface area contributed by atoms with Gasteiger partial charge >= 0.3 is 5.97 Å². The number of Topliss-reactive ketones (excluding diaryl/α,β-unsaturated/α-hetero) is 1. The topological polar surface area (TPSA) is 92.3 Å². The molecule has 0 spiro atoms. The highest BCUT2D eigenvalue weighted by Gasteiger charge is 2.34. The number of hydrogen-bond donors (Lipinski definition) is 2. The number of fused-ring (bicyclic) bond motifs is 1. The van der Waals surface area contributed by atoms with Crippen LogP contribution in [0.2, 0.25) is 5.02 Å². The van der Waals surface area contributed by atoms with Gasteiger partial charge in [0.15, 0.2) is 11.5 Å². The summed E-state index contributed by atoms with van der Waals surface area (Å²) in [6.07, 6.45) is 0.429. The number of nitrogens with one attached hydrogen (secondary N) is 1. The molecule has 0 radical (unpaired) electrons. The van der Waals surface area contributed by atoms with Crippen molar-refractivity contribution in [1.82, 2.24) is 10.2 Å². The Labute approximate surface area is 170 Å². The number of carbonyl (C=O) groups excluding carboxylic acids is 1. The van der Waals surface area contributed by atoms with E-state index in [0.717, 1.165) is 11.6 Å². The zero-order valence-electron chi connectivity index (χ0n) is 15.3. The molecule has 3 aromatic rings. The predicted molar refractivity (Wildman–Crippen MR) is 104 cm³/mol. The molecule has 1 aliphatic heterocycles. The summed E-state index contributed by atoms with van der Waals surface area (Å²) in [5.74, 6) is -2.38. The van der Waals surface area contributed by atoms with Gasteiger partial charge in [0.2, 0.25) is 0 Å². The third-order valence-corrected chi connectivity index (χ3v) is 5.32. The summed E-state index contributed by atoms with van der Waals surface area (Å²) in [6, 6.07) is 8.82. The monoisotopic (exact) mass is 414 g/mol. The van der Waals surface area contributed by atoms with Crippen LogP contribution in [0.1, 0.15) is 44.3 Å². The van der Waals surface area contributed by atoms with Gasteiger partial charge < -0.3 is 9.84 Å². The minimum Gasteiger partial charge on any atom is -0.489 e. The highest BCUT2D eigenvalue weighted by Crippen LogP contribution is 2.42. The van der Waals surface area contributed by atoms with Crippen molar-refractivity contribution in [2.24, 2.45) is 0 Å². The summed E-state index contributed by atoms with van der Waals surface area (Å²) in [5.41, 5.74) is 1.79. The average molecular weight is 415 g/mol. The van der Waals surface area contributed by atoms with Crippen LogP contribution in [0.4, 0.5) is 4.39 Å². The van der Waals surface area contributed by atoms with Gasteiger partial charge in [-0.25, -0.2) is 9.18 Å². The van der Waals surface area contributed by atoms with E-state index in [-0.39, 0.29) is 29.2 Å². The second-order valence-electron chi connectivity index (χ2n) is 6.80. The second-order valence-corrected chi connectivity index (χ2v) is 7.21. The lowest BCUT2D eigenvalue weighted by atomic mass is 9.88. The first kappa shape index (κ1) is 19.1. The van der Waals surface area contributed by atoms with E-state index in [9.17, 15) is 14.0 Å². The predicted octanol–water partition coefficient (Wildman–Crippen LogP) is 4.62. The number of carboxylic acid groups (broad SMARTS) is 1. The number of rotatable bonds is 4. The first-order valence-corrected chi connectivity index (χ1v) is 9.30. The molecule has 0 saturated carbocycles. The fourth-order valence-electron chi connectivity index (χ4n) is 3.55. The van der Waals surface area contributed by atoms with Crippen LogP contribution < -0.4 is 4.74 Å². The lowest BCUT2D eigenvalue weighted by molar-refractivity contribution is 0.0696. The first-order valence-electron chi connectivity index (χ1n) is 8.92. The fraction of sp³-hybridized carbons (Fsp3) is 0.190. The second kappa shape index (κ2) is 7.33. The molecule has 0 fully saturated rings. The third kappa shape index (κ3) is 3.27. The van der Waals surface area contributed by atoms with E-state index in [0.29, 0.717) is 28.5 Å². The number of ketones is 1. The molecule has 0 bridgehead atoms. The quantitative estimate of drug-likeness (QED) is 0.607. The molecule has 1 aliphatic rings. The van der Waals surface area contributed by atoms with Crippen LogP contribution in [0.15, 0.2) is 36.4 Å². The van der Waals surface area contributed by atoms with Gasteiger partial charge in [-0.3, -0.25) is 9.89 Å². The number of ether oxygens (including phenoxy) is 1. The maximum absolute atomic E-state index is 14.5. The molecule has 4 rings (SSSR count). The summed E-state index contributed by atoms with van der Waals surface area (Å²) < 4.78 is 20.2. The van der Waals surface area contributed by atoms with E-state index < -0.39 is 17.7 Å². The highest BCUT2D eigenvalue weighted by molar-refractivity contribution is 6.34. The number of hydrogen-bond acceptors (Lipinski definition) is 4. The maximum atomic E-state index is 14.5. The third-order valence-electron chi connectivity index (χ3n) is 5.01. The van der Waals surface area contributed by atoms with Gasteiger partial charge in [-0.2, -0.15) is 5.10 Å². The molecule has 8 heteroatoms. The van der Waals surface area contributed by atoms with Crippen molar-refractivity contribution in [3.63, 3.8) is 0 Å². The fourth-order valence-corrected chi connectivity index (χ4v) is 3.87. The van der Waals surface area contributed by atoms with Gasteiger partial charge in [-0.05, 0) is 43.2 Å². The van der Waals surface area contributed by atoms with Gasteiger partial charge in [0, 0.05) is 11.1 Å². The van der Waals surface area contributed by atoms with Crippen LogP contribution in [0, 0.1) is 12.7 Å². The normalized spacial score (nSPS) is 15.5. The first-order chi connectivity index (χ1) is 13.9. The summed E-state index contributed by atoms with van der Waals surface area (Å²) in [5, 5.41) is 16.3. The molecule has 29 heavy (non-hydrogen) atoms. The van der Waals surface area contributed by atoms with Crippen molar-refractivity contribution in [1.29, 1.82) is 0 Å². The van der Waals surface area contributed by atoms with Gasteiger partial charge in [-0.15, -0.1) is 0 Å². The number of benzene rings is 2. The van der Waals surface area contributed by atoms with E-state index in [1.807, 2.05) is 13.0 Å². The van der Waals surface area contributed by atoms with Crippen molar-refractivity contribution < 1.29 is 23.8 Å². The average Bonchev–Trinajstić information content (AvgIpc) is 3.11. The van der Waals surface area contributed by atoms with E-state index in [1.165, 1.54) is 12.1 Å². The SMILES string of the molecule is Cc1cccc(Cl)c1C(=O)C1CCOc2c(-c3ccc(C(=O)O)cc3F)n[nH]c21. The van der Waals surface area contributed by atoms with Gasteiger partial charge in [0.05, 0.1) is 28.8 Å². The minimum atomic E-state index is -1.23. The Bertz CT molecular complexity index is 1120. The number of carboxylic acids is 1. The number of H-pyrrole nitrogens is 1. The number of aromatic amines is 1. The standard InChI is InChI=1S/C21H16ClFN2O4/c1-10-3-2-4-14(22)16(10)19(26)13-7-8-29-20-17(24-25-18(13)20)12-6-5-11(21(27)28)9-15(12)23/h2-6,9,13H,7-8H2,1H3,(H,24,25)(H,27,28). The number of aromatic carboxylic acids is 1. The van der Waals surface area contributed by atoms with Crippen LogP contribution in [0.25, 0.3) is 11.3 Å². The molecule has 2 heterocycles. The van der Waals surface area contributed by atoms with Crippen LogP contribution in [-0.2, 0) is 0 Å². The lowest BCUT2D eigenvalue weighted by Crippen LogP contribution is -2.22. The number of nitrogens with zero attached hydrogens (tertiary/aromatic N) is 1. The Morgan fingerprint density at radius 1 is 1.31 bits per heavy atom. The van der Waals surface area contributed by atoms with Gasteiger partial charge in [0.1, 0.15) is 11.5 Å². The number of halogens is 2. The van der Waals surface area contributed by atoms with E-state index in [2.05, 4.69) is 10.2 Å². The maximum Gasteiger partial charge on any atom is 0.335 e. The van der Waals surface area contributed by atoms with Gasteiger partial charge in [0.25, 0.3) is 0 Å². The summed E-state index contributed by atoms with van der Waals surface area (Å²) >= 11 is 6.26. The molecule has 1 aromatic heterocycles.